The van der Waals surface area contributed by atoms with Gasteiger partial charge in [0.25, 0.3) is 6.35 Å². The Kier molecular flexibility index (Phi) is 9.31. The molecule has 0 fully saturated rings. The topological polar surface area (TPSA) is 155 Å². The lowest BCUT2D eigenvalue weighted by Crippen LogP contribution is -2.46. The van der Waals surface area contributed by atoms with E-state index in [1.807, 2.05) is 6.07 Å². The van der Waals surface area contributed by atoms with Gasteiger partial charge in [0.05, 0.1) is 44.0 Å². The first kappa shape index (κ1) is 28.0. The van der Waals surface area contributed by atoms with E-state index >= 15 is 0 Å². The van der Waals surface area contributed by atoms with Gasteiger partial charge < -0.3 is 23.7 Å². The standard InChI is InChI=1S/C24H23ClN4O9/c1-5-35-18-8-7-14(13-26)9-19(18)38-22-21(29(31)32)20(23(30)36-6-2)27-24(28(22)34-4)37-17-11-15(25)10-16(12-17)33-3/h7-12,24H,5-6H2,1-4H3. The molecule has 1 aliphatic heterocycles. The number of rotatable bonds is 11. The highest BCUT2D eigenvalue weighted by Gasteiger charge is 2.45. The summed E-state index contributed by atoms with van der Waals surface area (Å²) in [6.07, 6.45) is -1.52. The summed E-state index contributed by atoms with van der Waals surface area (Å²) in [4.78, 5) is 33.5. The molecule has 13 nitrogen and oxygen atoms in total. The second-order valence-electron chi connectivity index (χ2n) is 7.20. The lowest BCUT2D eigenvalue weighted by Gasteiger charge is -2.32. The number of carbonyl (C=O) groups excluding carboxylic acids is 1. The van der Waals surface area contributed by atoms with Gasteiger partial charge in [-0.2, -0.15) is 10.3 Å². The number of esters is 1. The van der Waals surface area contributed by atoms with Gasteiger partial charge in [-0.3, -0.25) is 15.0 Å². The Morgan fingerprint density at radius 2 is 1.89 bits per heavy atom. The molecule has 0 aliphatic carbocycles. The van der Waals surface area contributed by atoms with Crippen molar-refractivity contribution in [1.29, 1.82) is 5.26 Å². The van der Waals surface area contributed by atoms with E-state index in [1.54, 1.807) is 6.92 Å². The first-order chi connectivity index (χ1) is 18.3. The van der Waals surface area contributed by atoms with Crippen molar-refractivity contribution < 1.29 is 38.2 Å². The number of nitriles is 1. The van der Waals surface area contributed by atoms with Gasteiger partial charge in [0, 0.05) is 17.2 Å². The summed E-state index contributed by atoms with van der Waals surface area (Å²) in [5, 5.41) is 22.7. The third-order valence-corrected chi connectivity index (χ3v) is 5.03. The number of methoxy groups -OCH3 is 1. The molecule has 38 heavy (non-hydrogen) atoms. The second-order valence-corrected chi connectivity index (χ2v) is 7.63. The fourth-order valence-electron chi connectivity index (χ4n) is 3.26. The van der Waals surface area contributed by atoms with Crippen LogP contribution in [0.2, 0.25) is 5.02 Å². The fraction of sp³-hybridized carbons (Fsp3) is 0.292. The summed E-state index contributed by atoms with van der Waals surface area (Å²) in [5.41, 5.74) is -1.36. The maximum absolute atomic E-state index is 12.8. The molecule has 2 aromatic carbocycles. The van der Waals surface area contributed by atoms with Crippen molar-refractivity contribution in [3.8, 4) is 29.1 Å². The van der Waals surface area contributed by atoms with Crippen LogP contribution in [0.1, 0.15) is 19.4 Å². The van der Waals surface area contributed by atoms with Crippen LogP contribution in [0, 0.1) is 21.4 Å². The number of aliphatic imine (C=N–C) groups is 1. The van der Waals surface area contributed by atoms with Crippen LogP contribution in [0.4, 0.5) is 0 Å². The quantitative estimate of drug-likeness (QED) is 0.230. The molecule has 0 radical (unpaired) electrons. The Hall–Kier alpha value is -4.54. The van der Waals surface area contributed by atoms with E-state index < -0.39 is 34.5 Å². The normalized spacial score (nSPS) is 14.8. The molecule has 0 aromatic heterocycles. The van der Waals surface area contributed by atoms with Crippen molar-refractivity contribution in [2.75, 3.05) is 27.4 Å². The largest absolute Gasteiger partial charge is 0.497 e. The van der Waals surface area contributed by atoms with Crippen LogP contribution in [-0.2, 0) is 14.4 Å². The summed E-state index contributed by atoms with van der Waals surface area (Å²) in [5.74, 6) is -1.06. The van der Waals surface area contributed by atoms with Crippen molar-refractivity contribution in [2.45, 2.75) is 20.2 Å². The fourth-order valence-corrected chi connectivity index (χ4v) is 3.48. The molecule has 0 saturated heterocycles. The minimum Gasteiger partial charge on any atom is -0.497 e. The van der Waals surface area contributed by atoms with E-state index in [2.05, 4.69) is 4.99 Å². The maximum Gasteiger partial charge on any atom is 0.364 e. The summed E-state index contributed by atoms with van der Waals surface area (Å²) in [6, 6.07) is 10.7. The minimum absolute atomic E-state index is 0.0596. The van der Waals surface area contributed by atoms with Crippen LogP contribution in [0.15, 0.2) is 53.0 Å². The Bertz CT molecular complexity index is 1320. The van der Waals surface area contributed by atoms with Gasteiger partial charge in [-0.05, 0) is 38.1 Å². The molecular weight excluding hydrogens is 524 g/mol. The first-order valence-electron chi connectivity index (χ1n) is 11.1. The van der Waals surface area contributed by atoms with Crippen molar-refractivity contribution in [3.05, 3.63) is 68.7 Å². The molecule has 3 rings (SSSR count). The first-order valence-corrected chi connectivity index (χ1v) is 11.5. The number of halogens is 1. The minimum atomic E-state index is -1.52. The van der Waals surface area contributed by atoms with Gasteiger partial charge in [-0.25, -0.2) is 9.79 Å². The van der Waals surface area contributed by atoms with Crippen LogP contribution >= 0.6 is 11.6 Å². The average Bonchev–Trinajstić information content (AvgIpc) is 2.89. The van der Waals surface area contributed by atoms with Gasteiger partial charge in [0.2, 0.25) is 5.71 Å². The maximum atomic E-state index is 12.8. The molecule has 1 heterocycles. The van der Waals surface area contributed by atoms with E-state index in [-0.39, 0.29) is 41.0 Å². The zero-order valence-electron chi connectivity index (χ0n) is 20.8. The molecule has 0 N–H and O–H groups in total. The number of hydrogen-bond donors (Lipinski definition) is 0. The van der Waals surface area contributed by atoms with Gasteiger partial charge >= 0.3 is 17.5 Å². The zero-order valence-corrected chi connectivity index (χ0v) is 21.6. The number of benzene rings is 2. The summed E-state index contributed by atoms with van der Waals surface area (Å²) >= 11 is 6.14. The average molecular weight is 547 g/mol. The van der Waals surface area contributed by atoms with Crippen LogP contribution in [0.5, 0.6) is 23.0 Å². The molecule has 1 unspecified atom stereocenters. The molecule has 200 valence electrons. The monoisotopic (exact) mass is 546 g/mol. The molecule has 0 spiro atoms. The molecule has 0 bridgehead atoms. The lowest BCUT2D eigenvalue weighted by atomic mass is 10.2. The smallest absolute Gasteiger partial charge is 0.364 e. The second kappa shape index (κ2) is 12.6. The number of ether oxygens (including phenoxy) is 5. The molecule has 2 aromatic rings. The number of nitro groups is 1. The lowest BCUT2D eigenvalue weighted by molar-refractivity contribution is -0.422. The van der Waals surface area contributed by atoms with Gasteiger partial charge in [0.1, 0.15) is 11.5 Å². The van der Waals surface area contributed by atoms with Crippen molar-refractivity contribution in [3.63, 3.8) is 0 Å². The van der Waals surface area contributed by atoms with Gasteiger partial charge in [-0.15, -0.1) is 0 Å². The van der Waals surface area contributed by atoms with E-state index in [9.17, 15) is 20.2 Å². The molecule has 1 atom stereocenters. The summed E-state index contributed by atoms with van der Waals surface area (Å²) < 4.78 is 27.5. The summed E-state index contributed by atoms with van der Waals surface area (Å²) in [6.45, 7) is 3.40. The van der Waals surface area contributed by atoms with E-state index in [0.717, 1.165) is 5.06 Å². The molecule has 1 aliphatic rings. The Balaban J connectivity index is 2.19. The molecule has 0 saturated carbocycles. The molecule has 0 amide bonds. The van der Waals surface area contributed by atoms with Crippen LogP contribution < -0.4 is 18.9 Å². The van der Waals surface area contributed by atoms with Crippen molar-refractivity contribution in [1.82, 2.24) is 5.06 Å². The highest BCUT2D eigenvalue weighted by Crippen LogP contribution is 2.35. The third kappa shape index (κ3) is 6.23. The van der Waals surface area contributed by atoms with E-state index in [4.69, 9.17) is 40.1 Å². The van der Waals surface area contributed by atoms with Crippen LogP contribution in [0.25, 0.3) is 0 Å². The highest BCUT2D eigenvalue weighted by molar-refractivity contribution is 6.42. The Morgan fingerprint density at radius 1 is 1.16 bits per heavy atom. The number of hydrogen-bond acceptors (Lipinski definition) is 12. The Labute approximate surface area is 222 Å². The van der Waals surface area contributed by atoms with Crippen LogP contribution in [0.3, 0.4) is 0 Å². The predicted molar refractivity (Wildman–Crippen MR) is 132 cm³/mol. The van der Waals surface area contributed by atoms with Crippen molar-refractivity contribution >= 4 is 23.3 Å². The zero-order chi connectivity index (χ0) is 27.8. The summed E-state index contributed by atoms with van der Waals surface area (Å²) in [7, 11) is 2.62. The number of hydroxylamine groups is 2. The van der Waals surface area contributed by atoms with Crippen LogP contribution in [-0.4, -0.2) is 55.5 Å². The van der Waals surface area contributed by atoms with Gasteiger partial charge in [0.15, 0.2) is 11.5 Å². The highest BCUT2D eigenvalue weighted by atomic mass is 35.5. The van der Waals surface area contributed by atoms with Crippen molar-refractivity contribution in [2.24, 2.45) is 4.99 Å². The number of nitrogens with zero attached hydrogens (tertiary/aromatic N) is 4. The predicted octanol–water partition coefficient (Wildman–Crippen LogP) is 3.69. The van der Waals surface area contributed by atoms with E-state index in [1.165, 1.54) is 57.5 Å². The van der Waals surface area contributed by atoms with Gasteiger partial charge in [-0.1, -0.05) is 11.6 Å². The molecular formula is C24H23ClN4O9. The van der Waals surface area contributed by atoms with E-state index in [0.29, 0.717) is 5.75 Å². The third-order valence-electron chi connectivity index (χ3n) is 4.82. The molecule has 14 heteroatoms. The number of carbonyl (C=O) groups is 1. The SMILES string of the molecule is CCOC(=O)C1=NC(Oc2cc(Cl)cc(OC)c2)N(OC)C(Oc2cc(C#N)ccc2OCC)=C1[N+](=O)[O-]. The Morgan fingerprint density at radius 3 is 2.50 bits per heavy atom.